The summed E-state index contributed by atoms with van der Waals surface area (Å²) in [5.41, 5.74) is 5.19. The molecule has 2 aromatic heterocycles. The van der Waals surface area contributed by atoms with Crippen LogP contribution < -0.4 is 10.9 Å². The van der Waals surface area contributed by atoms with Crippen LogP contribution in [0.15, 0.2) is 65.0 Å². The molecule has 0 bridgehead atoms. The minimum atomic E-state index is -0.450. The second-order valence-corrected chi connectivity index (χ2v) is 7.07. The molecule has 126 valence electrons. The molecule has 6 heteroatoms. The van der Waals surface area contributed by atoms with Crippen LogP contribution in [0.2, 0.25) is 0 Å². The fourth-order valence-electron chi connectivity index (χ4n) is 3.38. The van der Waals surface area contributed by atoms with E-state index >= 15 is 0 Å². The molecule has 0 spiro atoms. The number of carbonyl (C=O) groups is 1. The molecule has 2 heterocycles. The highest BCUT2D eigenvalue weighted by atomic mass is 32.1. The zero-order valence-electron chi connectivity index (χ0n) is 13.6. The highest BCUT2D eigenvalue weighted by molar-refractivity contribution is 7.15. The van der Waals surface area contributed by atoms with Gasteiger partial charge in [-0.25, -0.2) is 4.98 Å². The Morgan fingerprint density at radius 1 is 1.12 bits per heavy atom. The standard InChI is InChI=1S/C20H13N3O2S/c24-18(17-11-21-20-23(19(17)25)7-8-26-20)22-14-6-5-13-9-12-3-1-2-4-15(12)16(13)10-14/h1-8,10-11H,9H2,(H,22,24). The van der Waals surface area contributed by atoms with Crippen molar-refractivity contribution < 1.29 is 4.79 Å². The Morgan fingerprint density at radius 3 is 2.88 bits per heavy atom. The van der Waals surface area contributed by atoms with E-state index in [1.165, 1.54) is 38.6 Å². The molecule has 2 aromatic carbocycles. The topological polar surface area (TPSA) is 63.5 Å². The Hall–Kier alpha value is -3.25. The SMILES string of the molecule is O=C(Nc1ccc2c(c1)-c1ccccc1C2)c1cnc2sccn2c1=O. The van der Waals surface area contributed by atoms with E-state index in [9.17, 15) is 9.59 Å². The zero-order valence-corrected chi connectivity index (χ0v) is 14.4. The largest absolute Gasteiger partial charge is 0.322 e. The number of nitrogens with one attached hydrogen (secondary N) is 1. The molecule has 0 saturated carbocycles. The van der Waals surface area contributed by atoms with Crippen LogP contribution in [0, 0.1) is 0 Å². The van der Waals surface area contributed by atoms with Gasteiger partial charge in [0.25, 0.3) is 11.5 Å². The molecule has 0 aliphatic heterocycles. The number of aromatic nitrogens is 2. The van der Waals surface area contributed by atoms with E-state index in [2.05, 4.69) is 22.4 Å². The molecule has 5 nitrogen and oxygen atoms in total. The molecule has 4 aromatic rings. The molecule has 1 N–H and O–H groups in total. The predicted octanol–water partition coefficient (Wildman–Crippen LogP) is 3.58. The van der Waals surface area contributed by atoms with Crippen molar-refractivity contribution in [2.45, 2.75) is 6.42 Å². The van der Waals surface area contributed by atoms with E-state index in [-0.39, 0.29) is 11.1 Å². The van der Waals surface area contributed by atoms with Crippen LogP contribution in [0.1, 0.15) is 21.5 Å². The van der Waals surface area contributed by atoms with Crippen molar-refractivity contribution in [3.8, 4) is 11.1 Å². The van der Waals surface area contributed by atoms with Gasteiger partial charge < -0.3 is 5.32 Å². The first-order valence-electron chi connectivity index (χ1n) is 8.18. The van der Waals surface area contributed by atoms with Crippen molar-refractivity contribution in [1.82, 2.24) is 9.38 Å². The van der Waals surface area contributed by atoms with Crippen LogP contribution in [0.5, 0.6) is 0 Å². The summed E-state index contributed by atoms with van der Waals surface area (Å²) in [7, 11) is 0. The molecule has 0 radical (unpaired) electrons. The molecule has 0 unspecified atom stereocenters. The molecule has 0 fully saturated rings. The lowest BCUT2D eigenvalue weighted by molar-refractivity contribution is 0.102. The van der Waals surface area contributed by atoms with Crippen LogP contribution in [-0.2, 0) is 6.42 Å². The van der Waals surface area contributed by atoms with Gasteiger partial charge in [-0.15, -0.1) is 11.3 Å². The molecule has 0 saturated heterocycles. The summed E-state index contributed by atoms with van der Waals surface area (Å²) in [5.74, 6) is -0.450. The third-order valence-corrected chi connectivity index (χ3v) is 5.41. The molecule has 1 aliphatic carbocycles. The number of fused-ring (bicyclic) bond motifs is 4. The molecule has 26 heavy (non-hydrogen) atoms. The van der Waals surface area contributed by atoms with Crippen LogP contribution >= 0.6 is 11.3 Å². The van der Waals surface area contributed by atoms with E-state index in [1.807, 2.05) is 30.3 Å². The van der Waals surface area contributed by atoms with Gasteiger partial charge in [0.05, 0.1) is 0 Å². The van der Waals surface area contributed by atoms with E-state index < -0.39 is 5.91 Å². The molecular weight excluding hydrogens is 346 g/mol. The smallest absolute Gasteiger partial charge is 0.271 e. The second kappa shape index (κ2) is 5.64. The number of hydrogen-bond donors (Lipinski definition) is 1. The first-order valence-corrected chi connectivity index (χ1v) is 9.06. The number of nitrogens with zero attached hydrogens (tertiary/aromatic N) is 2. The van der Waals surface area contributed by atoms with Crippen molar-refractivity contribution in [2.24, 2.45) is 0 Å². The lowest BCUT2D eigenvalue weighted by atomic mass is 10.1. The summed E-state index contributed by atoms with van der Waals surface area (Å²) in [4.78, 5) is 29.8. The van der Waals surface area contributed by atoms with E-state index in [1.54, 1.807) is 11.6 Å². The number of anilines is 1. The van der Waals surface area contributed by atoms with E-state index in [0.717, 1.165) is 12.0 Å². The third-order valence-electron chi connectivity index (χ3n) is 4.64. The third kappa shape index (κ3) is 2.27. The van der Waals surface area contributed by atoms with Crippen LogP contribution in [0.3, 0.4) is 0 Å². The summed E-state index contributed by atoms with van der Waals surface area (Å²) < 4.78 is 1.39. The highest BCUT2D eigenvalue weighted by Crippen LogP contribution is 2.37. The number of benzene rings is 2. The highest BCUT2D eigenvalue weighted by Gasteiger charge is 2.19. The van der Waals surface area contributed by atoms with Gasteiger partial charge in [0, 0.05) is 23.5 Å². The van der Waals surface area contributed by atoms with Gasteiger partial charge in [-0.1, -0.05) is 30.3 Å². The van der Waals surface area contributed by atoms with E-state index in [0.29, 0.717) is 10.6 Å². The zero-order chi connectivity index (χ0) is 17.7. The maximum Gasteiger partial charge on any atom is 0.271 e. The fourth-order valence-corrected chi connectivity index (χ4v) is 4.06. The monoisotopic (exact) mass is 359 g/mol. The van der Waals surface area contributed by atoms with Gasteiger partial charge in [-0.2, -0.15) is 0 Å². The Balaban J connectivity index is 1.50. The minimum Gasteiger partial charge on any atom is -0.322 e. The lowest BCUT2D eigenvalue weighted by Gasteiger charge is -2.08. The Kier molecular flexibility index (Phi) is 3.26. The van der Waals surface area contributed by atoms with Crippen molar-refractivity contribution in [3.05, 3.63) is 87.3 Å². The van der Waals surface area contributed by atoms with Crippen molar-refractivity contribution in [2.75, 3.05) is 5.32 Å². The van der Waals surface area contributed by atoms with Gasteiger partial charge in [0.2, 0.25) is 0 Å². The van der Waals surface area contributed by atoms with Gasteiger partial charge in [0.15, 0.2) is 4.96 Å². The predicted molar refractivity (Wildman–Crippen MR) is 102 cm³/mol. The van der Waals surface area contributed by atoms with Crippen LogP contribution in [0.25, 0.3) is 16.1 Å². The van der Waals surface area contributed by atoms with E-state index in [4.69, 9.17) is 0 Å². The number of rotatable bonds is 2. The molecular formula is C20H13N3O2S. The van der Waals surface area contributed by atoms with Gasteiger partial charge in [0.1, 0.15) is 5.56 Å². The van der Waals surface area contributed by atoms with Gasteiger partial charge in [-0.05, 0) is 40.8 Å². The average molecular weight is 359 g/mol. The Bertz CT molecular complexity index is 1240. The number of carbonyl (C=O) groups excluding carboxylic acids is 1. The second-order valence-electron chi connectivity index (χ2n) is 6.19. The lowest BCUT2D eigenvalue weighted by Crippen LogP contribution is -2.25. The number of hydrogen-bond acceptors (Lipinski definition) is 4. The minimum absolute atomic E-state index is 0.0294. The van der Waals surface area contributed by atoms with Crippen molar-refractivity contribution in [1.29, 1.82) is 0 Å². The number of thiazole rings is 1. The van der Waals surface area contributed by atoms with Gasteiger partial charge >= 0.3 is 0 Å². The summed E-state index contributed by atoms with van der Waals surface area (Å²) in [6.45, 7) is 0. The molecule has 5 rings (SSSR count). The number of amides is 1. The molecule has 1 amide bonds. The first kappa shape index (κ1) is 15.0. The summed E-state index contributed by atoms with van der Waals surface area (Å²) >= 11 is 1.35. The Labute approximate surface area is 152 Å². The van der Waals surface area contributed by atoms with Crippen molar-refractivity contribution in [3.63, 3.8) is 0 Å². The van der Waals surface area contributed by atoms with Crippen LogP contribution in [-0.4, -0.2) is 15.3 Å². The normalized spacial score (nSPS) is 12.0. The van der Waals surface area contributed by atoms with Gasteiger partial charge in [-0.3, -0.25) is 14.0 Å². The molecule has 0 atom stereocenters. The Morgan fingerprint density at radius 2 is 1.96 bits per heavy atom. The summed E-state index contributed by atoms with van der Waals surface area (Å²) in [6.07, 6.45) is 3.87. The van der Waals surface area contributed by atoms with Crippen LogP contribution in [0.4, 0.5) is 5.69 Å². The quantitative estimate of drug-likeness (QED) is 0.524. The fraction of sp³-hybridized carbons (Fsp3) is 0.0500. The summed E-state index contributed by atoms with van der Waals surface area (Å²) in [5, 5.41) is 4.59. The maximum atomic E-state index is 12.6. The summed E-state index contributed by atoms with van der Waals surface area (Å²) in [6, 6.07) is 14.1. The first-order chi connectivity index (χ1) is 12.7. The average Bonchev–Trinajstić information content (AvgIpc) is 3.26. The maximum absolute atomic E-state index is 12.6. The van der Waals surface area contributed by atoms with Crippen molar-refractivity contribution >= 4 is 27.9 Å². The molecule has 1 aliphatic rings.